The second-order valence-electron chi connectivity index (χ2n) is 3.39. The van der Waals surface area contributed by atoms with E-state index in [1.807, 2.05) is 20.8 Å². The van der Waals surface area contributed by atoms with Gasteiger partial charge in [0.2, 0.25) is 0 Å². The van der Waals surface area contributed by atoms with Gasteiger partial charge >= 0.3 is 0 Å². The molecule has 2 unspecified atom stereocenters. The Balaban J connectivity index is 3.75. The normalized spacial score (nSPS) is 15.7. The zero-order valence-corrected chi connectivity index (χ0v) is 8.59. The molecule has 0 aliphatic heterocycles. The Morgan fingerprint density at radius 1 is 1.33 bits per heavy atom. The molecule has 0 radical (unpaired) electrons. The van der Waals surface area contributed by atoms with Crippen LogP contribution in [-0.4, -0.2) is 19.5 Å². The molecule has 0 fully saturated rings. The Kier molecular flexibility index (Phi) is 5.99. The van der Waals surface area contributed by atoms with E-state index in [1.54, 1.807) is 7.11 Å². The highest BCUT2D eigenvalue weighted by Gasteiger charge is 2.17. The van der Waals surface area contributed by atoms with E-state index < -0.39 is 0 Å². The van der Waals surface area contributed by atoms with Crippen molar-refractivity contribution in [1.82, 2.24) is 0 Å². The van der Waals surface area contributed by atoms with Crippen LogP contribution in [0.2, 0.25) is 0 Å². The maximum atomic E-state index is 11.5. The summed E-state index contributed by atoms with van der Waals surface area (Å²) in [5, 5.41) is 0. The van der Waals surface area contributed by atoms with Crippen molar-refractivity contribution in [3.8, 4) is 0 Å². The third-order valence-electron chi connectivity index (χ3n) is 2.34. The molecule has 0 saturated carbocycles. The van der Waals surface area contributed by atoms with Gasteiger partial charge in [-0.3, -0.25) is 4.79 Å². The molecule has 0 amide bonds. The van der Waals surface area contributed by atoms with Gasteiger partial charge in [0, 0.05) is 25.6 Å². The standard InChI is InChI=1S/C10H20O2/c1-5-8(2)10(11)9(3)6-7-12-4/h8-9H,5-7H2,1-4H3. The molecule has 0 heterocycles. The fraction of sp³-hybridized carbons (Fsp3) is 0.900. The first-order valence-corrected chi connectivity index (χ1v) is 4.66. The van der Waals surface area contributed by atoms with E-state index in [0.29, 0.717) is 12.4 Å². The quantitative estimate of drug-likeness (QED) is 0.614. The Morgan fingerprint density at radius 2 is 1.92 bits per heavy atom. The van der Waals surface area contributed by atoms with E-state index in [2.05, 4.69) is 0 Å². The minimum absolute atomic E-state index is 0.153. The van der Waals surface area contributed by atoms with Gasteiger partial charge in [0.1, 0.15) is 5.78 Å². The van der Waals surface area contributed by atoms with Crippen LogP contribution < -0.4 is 0 Å². The van der Waals surface area contributed by atoms with Gasteiger partial charge in [-0.05, 0) is 12.8 Å². The van der Waals surface area contributed by atoms with E-state index in [0.717, 1.165) is 12.8 Å². The summed E-state index contributed by atoms with van der Waals surface area (Å²) in [5.74, 6) is 0.728. The van der Waals surface area contributed by atoms with Crippen molar-refractivity contribution in [1.29, 1.82) is 0 Å². The highest BCUT2D eigenvalue weighted by Crippen LogP contribution is 2.13. The van der Waals surface area contributed by atoms with Crippen molar-refractivity contribution >= 4 is 5.78 Å². The number of hydrogen-bond acceptors (Lipinski definition) is 2. The molecular formula is C10H20O2. The van der Waals surface area contributed by atoms with Crippen LogP contribution in [0.25, 0.3) is 0 Å². The van der Waals surface area contributed by atoms with Gasteiger partial charge in [-0.25, -0.2) is 0 Å². The van der Waals surface area contributed by atoms with Gasteiger partial charge in [-0.1, -0.05) is 20.8 Å². The minimum Gasteiger partial charge on any atom is -0.385 e. The predicted molar refractivity (Wildman–Crippen MR) is 50.1 cm³/mol. The monoisotopic (exact) mass is 172 g/mol. The summed E-state index contributed by atoms with van der Waals surface area (Å²) in [5.41, 5.74) is 0. The van der Waals surface area contributed by atoms with Crippen molar-refractivity contribution in [2.24, 2.45) is 11.8 Å². The molecular weight excluding hydrogens is 152 g/mol. The molecule has 0 aromatic rings. The van der Waals surface area contributed by atoms with Crippen LogP contribution in [0.5, 0.6) is 0 Å². The molecule has 72 valence electrons. The molecule has 12 heavy (non-hydrogen) atoms. The molecule has 0 aliphatic rings. The molecule has 0 aliphatic carbocycles. The minimum atomic E-state index is 0.153. The number of Topliss-reactive ketones (excluding diaryl/α,β-unsaturated/α-hetero) is 1. The third-order valence-corrected chi connectivity index (χ3v) is 2.34. The Bertz CT molecular complexity index is 132. The zero-order valence-electron chi connectivity index (χ0n) is 8.59. The number of carbonyl (C=O) groups is 1. The lowest BCUT2D eigenvalue weighted by molar-refractivity contribution is -0.126. The Morgan fingerprint density at radius 3 is 2.33 bits per heavy atom. The number of ketones is 1. The van der Waals surface area contributed by atoms with Gasteiger partial charge in [-0.15, -0.1) is 0 Å². The molecule has 0 rings (SSSR count). The lowest BCUT2D eigenvalue weighted by atomic mass is 9.92. The smallest absolute Gasteiger partial charge is 0.138 e. The second kappa shape index (κ2) is 6.18. The second-order valence-corrected chi connectivity index (χ2v) is 3.39. The van der Waals surface area contributed by atoms with Gasteiger partial charge in [-0.2, -0.15) is 0 Å². The van der Waals surface area contributed by atoms with Gasteiger partial charge < -0.3 is 4.74 Å². The first-order chi connectivity index (χ1) is 5.63. The molecule has 0 spiro atoms. The molecule has 0 saturated heterocycles. The largest absolute Gasteiger partial charge is 0.385 e. The zero-order chi connectivity index (χ0) is 9.56. The predicted octanol–water partition coefficient (Wildman–Crippen LogP) is 2.27. The van der Waals surface area contributed by atoms with Crippen molar-refractivity contribution < 1.29 is 9.53 Å². The van der Waals surface area contributed by atoms with Crippen LogP contribution in [0.3, 0.4) is 0 Å². The average Bonchev–Trinajstić information content (AvgIpc) is 2.11. The van der Waals surface area contributed by atoms with E-state index in [1.165, 1.54) is 0 Å². The van der Waals surface area contributed by atoms with Crippen LogP contribution in [0, 0.1) is 11.8 Å². The first-order valence-electron chi connectivity index (χ1n) is 4.66. The topological polar surface area (TPSA) is 26.3 Å². The maximum Gasteiger partial charge on any atom is 0.138 e. The first kappa shape index (κ1) is 11.6. The number of hydrogen-bond donors (Lipinski definition) is 0. The highest BCUT2D eigenvalue weighted by molar-refractivity contribution is 5.82. The summed E-state index contributed by atoms with van der Waals surface area (Å²) in [4.78, 5) is 11.5. The SMILES string of the molecule is CCC(C)C(=O)C(C)CCOC. The molecule has 2 atom stereocenters. The summed E-state index contributed by atoms with van der Waals surface area (Å²) in [6, 6.07) is 0. The average molecular weight is 172 g/mol. The number of ether oxygens (including phenoxy) is 1. The van der Waals surface area contributed by atoms with E-state index in [-0.39, 0.29) is 11.8 Å². The number of rotatable bonds is 6. The van der Waals surface area contributed by atoms with E-state index >= 15 is 0 Å². The lowest BCUT2D eigenvalue weighted by Crippen LogP contribution is -2.19. The van der Waals surface area contributed by atoms with Gasteiger partial charge in [0.25, 0.3) is 0 Å². The molecule has 2 nitrogen and oxygen atoms in total. The van der Waals surface area contributed by atoms with Crippen molar-refractivity contribution in [3.63, 3.8) is 0 Å². The lowest BCUT2D eigenvalue weighted by Gasteiger charge is -2.13. The molecule has 0 bridgehead atoms. The highest BCUT2D eigenvalue weighted by atomic mass is 16.5. The van der Waals surface area contributed by atoms with Crippen LogP contribution >= 0.6 is 0 Å². The summed E-state index contributed by atoms with van der Waals surface area (Å²) >= 11 is 0. The molecule has 0 aromatic heterocycles. The maximum absolute atomic E-state index is 11.5. The molecule has 0 aromatic carbocycles. The Hall–Kier alpha value is -0.370. The van der Waals surface area contributed by atoms with Crippen molar-refractivity contribution in [2.45, 2.75) is 33.6 Å². The van der Waals surface area contributed by atoms with E-state index in [9.17, 15) is 4.79 Å². The van der Waals surface area contributed by atoms with Crippen LogP contribution in [0.4, 0.5) is 0 Å². The van der Waals surface area contributed by atoms with Gasteiger partial charge in [0.15, 0.2) is 0 Å². The summed E-state index contributed by atoms with van der Waals surface area (Å²) in [6.07, 6.45) is 1.79. The fourth-order valence-electron chi connectivity index (χ4n) is 1.12. The van der Waals surface area contributed by atoms with Crippen LogP contribution in [0.15, 0.2) is 0 Å². The number of methoxy groups -OCH3 is 1. The summed E-state index contributed by atoms with van der Waals surface area (Å²) in [6.45, 7) is 6.70. The van der Waals surface area contributed by atoms with Gasteiger partial charge in [0.05, 0.1) is 0 Å². The Labute approximate surface area is 75.3 Å². The summed E-state index contributed by atoms with van der Waals surface area (Å²) in [7, 11) is 1.67. The molecule has 0 N–H and O–H groups in total. The van der Waals surface area contributed by atoms with Crippen LogP contribution in [-0.2, 0) is 9.53 Å². The summed E-state index contributed by atoms with van der Waals surface area (Å²) < 4.78 is 4.92. The third kappa shape index (κ3) is 3.86. The van der Waals surface area contributed by atoms with Crippen molar-refractivity contribution in [2.75, 3.05) is 13.7 Å². The fourth-order valence-corrected chi connectivity index (χ4v) is 1.12. The van der Waals surface area contributed by atoms with E-state index in [4.69, 9.17) is 4.74 Å². The van der Waals surface area contributed by atoms with Crippen molar-refractivity contribution in [3.05, 3.63) is 0 Å². The number of carbonyl (C=O) groups excluding carboxylic acids is 1. The van der Waals surface area contributed by atoms with Crippen LogP contribution in [0.1, 0.15) is 33.6 Å². The molecule has 2 heteroatoms.